The Morgan fingerprint density at radius 1 is 1.29 bits per heavy atom. The van der Waals surface area contributed by atoms with Crippen LogP contribution in [0.3, 0.4) is 0 Å². The summed E-state index contributed by atoms with van der Waals surface area (Å²) in [7, 11) is 0. The molecule has 0 spiro atoms. The number of benzene rings is 1. The highest BCUT2D eigenvalue weighted by atomic mass is 16.3. The molecule has 21 heavy (non-hydrogen) atoms. The molecule has 2 rings (SSSR count). The van der Waals surface area contributed by atoms with Crippen molar-refractivity contribution in [3.05, 3.63) is 46.3 Å². The summed E-state index contributed by atoms with van der Waals surface area (Å²) < 4.78 is 5.52. The molecule has 4 heteroatoms. The molecule has 1 atom stereocenters. The van der Waals surface area contributed by atoms with Crippen molar-refractivity contribution in [3.8, 4) is 0 Å². The number of unbranched alkanes of at least 4 members (excludes halogenated alkanes) is 2. The number of fused-ring (bicyclic) bond motifs is 1. The molecular formula is C17H21NO3. The van der Waals surface area contributed by atoms with E-state index in [1.807, 2.05) is 6.92 Å². The van der Waals surface area contributed by atoms with Gasteiger partial charge in [-0.25, -0.2) is 0 Å². The Morgan fingerprint density at radius 3 is 2.81 bits per heavy atom. The fraction of sp³-hybridized carbons (Fsp3) is 0.412. The first-order valence-corrected chi connectivity index (χ1v) is 7.45. The third-order valence-electron chi connectivity index (χ3n) is 3.48. The fourth-order valence-electron chi connectivity index (χ4n) is 2.28. The van der Waals surface area contributed by atoms with Crippen LogP contribution in [-0.2, 0) is 0 Å². The topological polar surface area (TPSA) is 59.3 Å². The molecule has 0 bridgehead atoms. The van der Waals surface area contributed by atoms with Gasteiger partial charge in [-0.05, 0) is 25.5 Å². The van der Waals surface area contributed by atoms with Crippen LogP contribution in [0.4, 0.5) is 0 Å². The quantitative estimate of drug-likeness (QED) is 0.827. The molecule has 0 saturated heterocycles. The van der Waals surface area contributed by atoms with E-state index in [2.05, 4.69) is 12.2 Å². The van der Waals surface area contributed by atoms with Crippen molar-refractivity contribution in [1.82, 2.24) is 5.32 Å². The zero-order valence-corrected chi connectivity index (χ0v) is 12.5. The second-order valence-electron chi connectivity index (χ2n) is 5.34. The molecule has 112 valence electrons. The SMILES string of the molecule is CCCCCC(C)NC(=O)c1cc(=O)c2ccccc2o1. The van der Waals surface area contributed by atoms with Gasteiger partial charge in [0.2, 0.25) is 0 Å². The molecule has 1 N–H and O–H groups in total. The summed E-state index contributed by atoms with van der Waals surface area (Å²) in [5, 5.41) is 3.37. The molecule has 1 heterocycles. The predicted octanol–water partition coefficient (Wildman–Crippen LogP) is 3.49. The van der Waals surface area contributed by atoms with Gasteiger partial charge in [0, 0.05) is 12.1 Å². The summed E-state index contributed by atoms with van der Waals surface area (Å²) in [4.78, 5) is 24.1. The van der Waals surface area contributed by atoms with Crippen LogP contribution in [0.1, 0.15) is 50.1 Å². The lowest BCUT2D eigenvalue weighted by molar-refractivity contribution is 0.0910. The molecule has 0 saturated carbocycles. The van der Waals surface area contributed by atoms with Crippen LogP contribution >= 0.6 is 0 Å². The van der Waals surface area contributed by atoms with Gasteiger partial charge in [-0.2, -0.15) is 0 Å². The summed E-state index contributed by atoms with van der Waals surface area (Å²) in [6, 6.07) is 8.26. The number of carbonyl (C=O) groups excluding carboxylic acids is 1. The maximum atomic E-state index is 12.1. The van der Waals surface area contributed by atoms with Crippen molar-refractivity contribution in [2.75, 3.05) is 0 Å². The van der Waals surface area contributed by atoms with Crippen molar-refractivity contribution in [3.63, 3.8) is 0 Å². The normalized spacial score (nSPS) is 12.3. The Balaban J connectivity index is 2.11. The number of hydrogen-bond acceptors (Lipinski definition) is 3. The molecule has 1 amide bonds. The molecule has 1 aromatic heterocycles. The average molecular weight is 287 g/mol. The van der Waals surface area contributed by atoms with Crippen molar-refractivity contribution in [1.29, 1.82) is 0 Å². The fourth-order valence-corrected chi connectivity index (χ4v) is 2.28. The Morgan fingerprint density at radius 2 is 2.05 bits per heavy atom. The van der Waals surface area contributed by atoms with Crippen molar-refractivity contribution < 1.29 is 9.21 Å². The standard InChI is InChI=1S/C17H21NO3/c1-3-4-5-8-12(2)18-17(20)16-11-14(19)13-9-6-7-10-15(13)21-16/h6-7,9-12H,3-5,8H2,1-2H3,(H,18,20). The van der Waals surface area contributed by atoms with Gasteiger partial charge >= 0.3 is 0 Å². The van der Waals surface area contributed by atoms with E-state index >= 15 is 0 Å². The zero-order valence-electron chi connectivity index (χ0n) is 12.5. The number of carbonyl (C=O) groups is 1. The number of hydrogen-bond donors (Lipinski definition) is 1. The molecule has 1 aromatic carbocycles. The molecule has 0 radical (unpaired) electrons. The molecule has 4 nitrogen and oxygen atoms in total. The molecule has 2 aromatic rings. The lowest BCUT2D eigenvalue weighted by Gasteiger charge is -2.13. The molecule has 0 aliphatic heterocycles. The minimum absolute atomic E-state index is 0.0702. The number of amides is 1. The summed E-state index contributed by atoms with van der Waals surface area (Å²) >= 11 is 0. The number of nitrogens with one attached hydrogen (secondary N) is 1. The smallest absolute Gasteiger partial charge is 0.287 e. The predicted molar refractivity (Wildman–Crippen MR) is 83.6 cm³/mol. The van der Waals surface area contributed by atoms with Crippen molar-refractivity contribution in [2.24, 2.45) is 0 Å². The molecule has 0 fully saturated rings. The third-order valence-corrected chi connectivity index (χ3v) is 3.48. The first kappa shape index (κ1) is 15.3. The van der Waals surface area contributed by atoms with E-state index < -0.39 is 0 Å². The van der Waals surface area contributed by atoms with Gasteiger partial charge in [-0.15, -0.1) is 0 Å². The van der Waals surface area contributed by atoms with Crippen LogP contribution in [0.2, 0.25) is 0 Å². The van der Waals surface area contributed by atoms with E-state index in [1.54, 1.807) is 24.3 Å². The second-order valence-corrected chi connectivity index (χ2v) is 5.34. The molecule has 0 aliphatic carbocycles. The summed E-state index contributed by atoms with van der Waals surface area (Å²) in [5.74, 6) is -0.261. The van der Waals surface area contributed by atoms with Crippen LogP contribution in [-0.4, -0.2) is 11.9 Å². The van der Waals surface area contributed by atoms with Crippen LogP contribution in [0, 0.1) is 0 Å². The second kappa shape index (κ2) is 7.07. The van der Waals surface area contributed by atoms with Gasteiger partial charge in [-0.3, -0.25) is 9.59 Å². The van der Waals surface area contributed by atoms with E-state index in [0.717, 1.165) is 25.7 Å². The Labute approximate surface area is 124 Å². The van der Waals surface area contributed by atoms with Crippen molar-refractivity contribution in [2.45, 2.75) is 45.6 Å². The Bertz CT molecular complexity index is 675. The minimum Gasteiger partial charge on any atom is -0.451 e. The zero-order chi connectivity index (χ0) is 15.2. The van der Waals surface area contributed by atoms with Crippen LogP contribution in [0.5, 0.6) is 0 Å². The Hall–Kier alpha value is -2.10. The molecular weight excluding hydrogens is 266 g/mol. The van der Waals surface area contributed by atoms with Gasteiger partial charge in [0.25, 0.3) is 5.91 Å². The lowest BCUT2D eigenvalue weighted by Crippen LogP contribution is -2.33. The maximum Gasteiger partial charge on any atom is 0.287 e. The van der Waals surface area contributed by atoms with Gasteiger partial charge in [0.05, 0.1) is 5.39 Å². The van der Waals surface area contributed by atoms with Gasteiger partial charge in [0.1, 0.15) is 5.58 Å². The molecule has 0 aliphatic rings. The first-order valence-electron chi connectivity index (χ1n) is 7.45. The van der Waals surface area contributed by atoms with Crippen LogP contribution in [0.25, 0.3) is 11.0 Å². The van der Waals surface area contributed by atoms with E-state index in [-0.39, 0.29) is 23.1 Å². The van der Waals surface area contributed by atoms with E-state index in [0.29, 0.717) is 11.0 Å². The van der Waals surface area contributed by atoms with E-state index in [4.69, 9.17) is 4.42 Å². The summed E-state index contributed by atoms with van der Waals surface area (Å²) in [6.45, 7) is 4.11. The van der Waals surface area contributed by atoms with Gasteiger partial charge in [-0.1, -0.05) is 38.3 Å². The molecule has 1 unspecified atom stereocenters. The average Bonchev–Trinajstić information content (AvgIpc) is 2.47. The number of para-hydroxylation sites is 1. The van der Waals surface area contributed by atoms with Crippen LogP contribution in [0.15, 0.2) is 39.5 Å². The monoisotopic (exact) mass is 287 g/mol. The summed E-state index contributed by atoms with van der Waals surface area (Å²) in [5.41, 5.74) is 0.245. The maximum absolute atomic E-state index is 12.1. The van der Waals surface area contributed by atoms with Crippen molar-refractivity contribution >= 4 is 16.9 Å². The van der Waals surface area contributed by atoms with Crippen LogP contribution < -0.4 is 10.7 Å². The number of rotatable bonds is 6. The van der Waals surface area contributed by atoms with Gasteiger partial charge < -0.3 is 9.73 Å². The highest BCUT2D eigenvalue weighted by Gasteiger charge is 2.14. The third kappa shape index (κ3) is 3.94. The van der Waals surface area contributed by atoms with E-state index in [9.17, 15) is 9.59 Å². The largest absolute Gasteiger partial charge is 0.451 e. The van der Waals surface area contributed by atoms with E-state index in [1.165, 1.54) is 6.07 Å². The lowest BCUT2D eigenvalue weighted by atomic mass is 10.1. The highest BCUT2D eigenvalue weighted by molar-refractivity contribution is 5.93. The van der Waals surface area contributed by atoms with Gasteiger partial charge in [0.15, 0.2) is 11.2 Å². The summed E-state index contributed by atoms with van der Waals surface area (Å²) in [6.07, 6.45) is 4.32. The first-order chi connectivity index (χ1) is 10.1. The Kier molecular flexibility index (Phi) is 5.14. The minimum atomic E-state index is -0.332. The highest BCUT2D eigenvalue weighted by Crippen LogP contribution is 2.12.